The molecule has 1 amide bonds. The Bertz CT molecular complexity index is 609. The SMILES string of the molecule is CNC(=O)c1ccc(Oc2csc(C(=O)O)c2)nn1. The van der Waals surface area contributed by atoms with Crippen molar-refractivity contribution in [2.24, 2.45) is 0 Å². The molecule has 2 rings (SSSR count). The van der Waals surface area contributed by atoms with Crippen LogP contribution in [0.25, 0.3) is 0 Å². The third kappa shape index (κ3) is 3.05. The van der Waals surface area contributed by atoms with E-state index in [1.54, 1.807) is 5.38 Å². The summed E-state index contributed by atoms with van der Waals surface area (Å²) in [6.45, 7) is 0. The van der Waals surface area contributed by atoms with Gasteiger partial charge in [0.2, 0.25) is 5.88 Å². The van der Waals surface area contributed by atoms with E-state index in [4.69, 9.17) is 9.84 Å². The van der Waals surface area contributed by atoms with Crippen LogP contribution in [-0.2, 0) is 0 Å². The Hall–Kier alpha value is -2.48. The molecule has 0 aliphatic heterocycles. The maximum atomic E-state index is 11.2. The first-order valence-electron chi connectivity index (χ1n) is 5.15. The molecule has 0 spiro atoms. The lowest BCUT2D eigenvalue weighted by atomic mass is 10.4. The minimum Gasteiger partial charge on any atom is -0.477 e. The molecule has 8 heteroatoms. The van der Waals surface area contributed by atoms with Gasteiger partial charge in [0.05, 0.1) is 0 Å². The molecule has 0 aliphatic rings. The number of hydrogen-bond acceptors (Lipinski definition) is 6. The van der Waals surface area contributed by atoms with E-state index in [2.05, 4.69) is 15.5 Å². The van der Waals surface area contributed by atoms with Gasteiger partial charge in [0.1, 0.15) is 10.6 Å². The fourth-order valence-electron chi connectivity index (χ4n) is 1.23. The van der Waals surface area contributed by atoms with Crippen LogP contribution in [0.4, 0.5) is 0 Å². The Morgan fingerprint density at radius 2 is 2.16 bits per heavy atom. The van der Waals surface area contributed by atoms with Crippen molar-refractivity contribution in [1.82, 2.24) is 15.5 Å². The third-order valence-corrected chi connectivity index (χ3v) is 3.00. The molecule has 0 bridgehead atoms. The third-order valence-electron chi connectivity index (χ3n) is 2.11. The summed E-state index contributed by atoms with van der Waals surface area (Å²) < 4.78 is 5.32. The molecule has 0 atom stereocenters. The Labute approximate surface area is 111 Å². The summed E-state index contributed by atoms with van der Waals surface area (Å²) >= 11 is 1.05. The van der Waals surface area contributed by atoms with Crippen LogP contribution < -0.4 is 10.1 Å². The Morgan fingerprint density at radius 3 is 2.68 bits per heavy atom. The first-order chi connectivity index (χ1) is 9.10. The summed E-state index contributed by atoms with van der Waals surface area (Å²) in [4.78, 5) is 22.1. The van der Waals surface area contributed by atoms with Crippen molar-refractivity contribution in [2.45, 2.75) is 0 Å². The molecule has 0 aliphatic carbocycles. The highest BCUT2D eigenvalue weighted by Crippen LogP contribution is 2.25. The van der Waals surface area contributed by atoms with Crippen molar-refractivity contribution in [3.63, 3.8) is 0 Å². The number of nitrogens with zero attached hydrogens (tertiary/aromatic N) is 2. The number of ether oxygens (including phenoxy) is 1. The van der Waals surface area contributed by atoms with Gasteiger partial charge >= 0.3 is 5.97 Å². The Morgan fingerprint density at radius 1 is 1.37 bits per heavy atom. The van der Waals surface area contributed by atoms with E-state index in [0.29, 0.717) is 5.75 Å². The zero-order valence-electron chi connectivity index (χ0n) is 9.78. The van der Waals surface area contributed by atoms with E-state index < -0.39 is 5.97 Å². The number of aromatic nitrogens is 2. The zero-order chi connectivity index (χ0) is 13.8. The van der Waals surface area contributed by atoms with Gasteiger partial charge in [0.25, 0.3) is 5.91 Å². The lowest BCUT2D eigenvalue weighted by Crippen LogP contribution is -2.19. The van der Waals surface area contributed by atoms with Crippen LogP contribution in [0.1, 0.15) is 20.2 Å². The normalized spacial score (nSPS) is 9.95. The molecule has 0 aromatic carbocycles. The summed E-state index contributed by atoms with van der Waals surface area (Å²) in [5.41, 5.74) is 0.173. The molecular formula is C11H9N3O4S. The van der Waals surface area contributed by atoms with Crippen LogP contribution in [0.5, 0.6) is 11.6 Å². The first-order valence-corrected chi connectivity index (χ1v) is 6.03. The highest BCUT2D eigenvalue weighted by atomic mass is 32.1. The van der Waals surface area contributed by atoms with Crippen molar-refractivity contribution in [3.8, 4) is 11.6 Å². The number of aromatic carboxylic acids is 1. The molecule has 0 saturated heterocycles. The number of thiophene rings is 1. The average Bonchev–Trinajstić information content (AvgIpc) is 2.87. The van der Waals surface area contributed by atoms with Crippen molar-refractivity contribution < 1.29 is 19.4 Å². The molecule has 0 radical (unpaired) electrons. The van der Waals surface area contributed by atoms with Crippen LogP contribution in [0.2, 0.25) is 0 Å². The minimum absolute atomic E-state index is 0.171. The number of carbonyl (C=O) groups is 2. The summed E-state index contributed by atoms with van der Waals surface area (Å²) in [6, 6.07) is 4.34. The topological polar surface area (TPSA) is 101 Å². The van der Waals surface area contributed by atoms with Crippen LogP contribution in [0, 0.1) is 0 Å². The standard InChI is InChI=1S/C11H9N3O4S/c1-12-10(15)7-2-3-9(14-13-7)18-6-4-8(11(16)17)19-5-6/h2-5H,1H3,(H,12,15)(H,16,17). The molecule has 0 unspecified atom stereocenters. The highest BCUT2D eigenvalue weighted by molar-refractivity contribution is 7.12. The van der Waals surface area contributed by atoms with Crippen LogP contribution in [0.3, 0.4) is 0 Å². The number of carboxylic acids is 1. The molecule has 7 nitrogen and oxygen atoms in total. The van der Waals surface area contributed by atoms with Gasteiger partial charge in [-0.1, -0.05) is 0 Å². The Balaban J connectivity index is 2.10. The number of nitrogens with one attached hydrogen (secondary N) is 1. The molecule has 2 aromatic heterocycles. The summed E-state index contributed by atoms with van der Waals surface area (Å²) in [5.74, 6) is -0.810. The number of rotatable bonds is 4. The van der Waals surface area contributed by atoms with E-state index in [1.165, 1.54) is 25.2 Å². The number of amides is 1. The van der Waals surface area contributed by atoms with Crippen LogP contribution in [0.15, 0.2) is 23.6 Å². The molecule has 0 saturated carbocycles. The van der Waals surface area contributed by atoms with Crippen molar-refractivity contribution in [2.75, 3.05) is 7.05 Å². The smallest absolute Gasteiger partial charge is 0.346 e. The van der Waals surface area contributed by atoms with Gasteiger partial charge in [-0.25, -0.2) is 4.79 Å². The first kappa shape index (κ1) is 13.0. The van der Waals surface area contributed by atoms with Crippen molar-refractivity contribution in [1.29, 1.82) is 0 Å². The van der Waals surface area contributed by atoms with Gasteiger partial charge in [0, 0.05) is 24.6 Å². The predicted molar refractivity (Wildman–Crippen MR) is 66.8 cm³/mol. The summed E-state index contributed by atoms with van der Waals surface area (Å²) in [7, 11) is 1.49. The van der Waals surface area contributed by atoms with E-state index in [0.717, 1.165) is 11.3 Å². The highest BCUT2D eigenvalue weighted by Gasteiger charge is 2.10. The lowest BCUT2D eigenvalue weighted by molar-refractivity contribution is 0.0701. The van der Waals surface area contributed by atoms with Crippen LogP contribution in [-0.4, -0.2) is 34.2 Å². The molecule has 2 heterocycles. The lowest BCUT2D eigenvalue weighted by Gasteiger charge is -2.01. The fourth-order valence-corrected chi connectivity index (χ4v) is 1.87. The largest absolute Gasteiger partial charge is 0.477 e. The quantitative estimate of drug-likeness (QED) is 0.876. The maximum absolute atomic E-state index is 11.2. The van der Waals surface area contributed by atoms with Gasteiger partial charge in [-0.2, -0.15) is 0 Å². The van der Waals surface area contributed by atoms with Crippen LogP contribution >= 0.6 is 11.3 Å². The Kier molecular flexibility index (Phi) is 3.71. The van der Waals surface area contributed by atoms with Crippen molar-refractivity contribution >= 4 is 23.2 Å². The minimum atomic E-state index is -1.01. The maximum Gasteiger partial charge on any atom is 0.346 e. The number of hydrogen-bond donors (Lipinski definition) is 2. The molecule has 0 fully saturated rings. The van der Waals surface area contributed by atoms with Gasteiger partial charge < -0.3 is 15.2 Å². The number of carbonyl (C=O) groups excluding carboxylic acids is 1. The summed E-state index contributed by atoms with van der Waals surface area (Å²) in [6.07, 6.45) is 0. The van der Waals surface area contributed by atoms with Gasteiger partial charge in [-0.05, 0) is 6.07 Å². The van der Waals surface area contributed by atoms with Gasteiger partial charge in [-0.3, -0.25) is 4.79 Å². The van der Waals surface area contributed by atoms with Gasteiger partial charge in [0.15, 0.2) is 5.69 Å². The van der Waals surface area contributed by atoms with E-state index >= 15 is 0 Å². The van der Waals surface area contributed by atoms with Gasteiger partial charge in [-0.15, -0.1) is 21.5 Å². The molecule has 2 aromatic rings. The second-order valence-electron chi connectivity index (χ2n) is 3.39. The zero-order valence-corrected chi connectivity index (χ0v) is 10.6. The monoisotopic (exact) mass is 279 g/mol. The predicted octanol–water partition coefficient (Wildman–Crippen LogP) is 1.39. The number of carboxylic acid groups (broad SMARTS) is 1. The molecule has 98 valence electrons. The fraction of sp³-hybridized carbons (Fsp3) is 0.0909. The second kappa shape index (κ2) is 5.44. The average molecular weight is 279 g/mol. The molecule has 19 heavy (non-hydrogen) atoms. The van der Waals surface area contributed by atoms with E-state index in [-0.39, 0.29) is 22.4 Å². The molecular weight excluding hydrogens is 270 g/mol. The van der Waals surface area contributed by atoms with E-state index in [1.807, 2.05) is 0 Å². The van der Waals surface area contributed by atoms with Crippen molar-refractivity contribution in [3.05, 3.63) is 34.2 Å². The second-order valence-corrected chi connectivity index (χ2v) is 4.30. The summed E-state index contributed by atoms with van der Waals surface area (Å²) in [5, 5.41) is 20.2. The van der Waals surface area contributed by atoms with E-state index in [9.17, 15) is 9.59 Å². The molecule has 2 N–H and O–H groups in total.